The summed E-state index contributed by atoms with van der Waals surface area (Å²) in [5.41, 5.74) is 2.57. The molecular formula is C24H19ClN2O3. The zero-order chi connectivity index (χ0) is 20.7. The lowest BCUT2D eigenvalue weighted by Crippen LogP contribution is -2.36. The van der Waals surface area contributed by atoms with Gasteiger partial charge in [0, 0.05) is 5.02 Å². The molecule has 6 heteroatoms. The number of anilines is 1. The minimum atomic E-state index is -0.845. The Morgan fingerprint density at radius 2 is 1.43 bits per heavy atom. The van der Waals surface area contributed by atoms with Gasteiger partial charge in [0.2, 0.25) is 5.91 Å². The van der Waals surface area contributed by atoms with Gasteiger partial charge >= 0.3 is 0 Å². The highest BCUT2D eigenvalue weighted by Crippen LogP contribution is 2.47. The van der Waals surface area contributed by atoms with E-state index in [0.717, 1.165) is 16.8 Å². The van der Waals surface area contributed by atoms with Gasteiger partial charge in [-0.3, -0.25) is 19.3 Å². The summed E-state index contributed by atoms with van der Waals surface area (Å²) in [5.74, 6) is -1.12. The van der Waals surface area contributed by atoms with Crippen molar-refractivity contribution < 1.29 is 14.4 Å². The molecule has 0 aliphatic carbocycles. The zero-order valence-corrected chi connectivity index (χ0v) is 16.8. The number of imide groups is 1. The molecule has 0 aromatic heterocycles. The number of benzene rings is 3. The van der Waals surface area contributed by atoms with Gasteiger partial charge in [-0.1, -0.05) is 72.3 Å². The molecule has 150 valence electrons. The molecule has 0 radical (unpaired) electrons. The van der Waals surface area contributed by atoms with E-state index in [1.165, 1.54) is 4.90 Å². The number of hydrogen-bond acceptors (Lipinski definition) is 4. The summed E-state index contributed by atoms with van der Waals surface area (Å²) in [6.07, 6.45) is -0.845. The van der Waals surface area contributed by atoms with Crippen molar-refractivity contribution in [3.05, 3.63) is 101 Å². The molecule has 5 rings (SSSR count). The smallest absolute Gasteiger partial charge is 0.262 e. The molecule has 3 aromatic carbocycles. The Labute approximate surface area is 179 Å². The molecule has 0 bridgehead atoms. The number of halogens is 1. The van der Waals surface area contributed by atoms with E-state index in [2.05, 4.69) is 0 Å². The van der Waals surface area contributed by atoms with Crippen molar-refractivity contribution in [2.24, 2.45) is 5.92 Å². The minimum Gasteiger partial charge on any atom is -0.275 e. The van der Waals surface area contributed by atoms with Gasteiger partial charge in [0.15, 0.2) is 6.10 Å². The fourth-order valence-electron chi connectivity index (χ4n) is 4.19. The van der Waals surface area contributed by atoms with Crippen LogP contribution in [0.2, 0.25) is 5.02 Å². The molecule has 0 unspecified atom stereocenters. The average molecular weight is 419 g/mol. The van der Waals surface area contributed by atoms with Gasteiger partial charge in [-0.2, -0.15) is 0 Å². The van der Waals surface area contributed by atoms with Gasteiger partial charge in [0.1, 0.15) is 5.92 Å². The van der Waals surface area contributed by atoms with Crippen LogP contribution in [0, 0.1) is 5.92 Å². The maximum absolute atomic E-state index is 13.4. The number of nitrogens with zero attached hydrogens (tertiary/aromatic N) is 2. The summed E-state index contributed by atoms with van der Waals surface area (Å²) < 4.78 is 0. The molecule has 0 saturated carbocycles. The zero-order valence-electron chi connectivity index (χ0n) is 16.0. The Kier molecular flexibility index (Phi) is 4.77. The molecule has 2 aliphatic heterocycles. The number of likely N-dealkylation sites (tertiary alicyclic amines) is 1. The van der Waals surface area contributed by atoms with Crippen LogP contribution < -0.4 is 5.06 Å². The summed E-state index contributed by atoms with van der Waals surface area (Å²) in [6.45, 7) is 0.247. The Morgan fingerprint density at radius 1 is 0.800 bits per heavy atom. The van der Waals surface area contributed by atoms with Crippen LogP contribution in [0.3, 0.4) is 0 Å². The number of fused-ring (bicyclic) bond motifs is 1. The van der Waals surface area contributed by atoms with Gasteiger partial charge in [-0.15, -0.1) is 0 Å². The lowest BCUT2D eigenvalue weighted by atomic mass is 9.90. The fraction of sp³-hybridized carbons (Fsp3) is 0.167. The van der Waals surface area contributed by atoms with E-state index in [1.54, 1.807) is 17.2 Å². The van der Waals surface area contributed by atoms with Crippen LogP contribution >= 0.6 is 11.6 Å². The molecule has 0 N–H and O–H groups in total. The van der Waals surface area contributed by atoms with Crippen LogP contribution in [0.25, 0.3) is 0 Å². The van der Waals surface area contributed by atoms with Crippen molar-refractivity contribution in [3.63, 3.8) is 0 Å². The molecule has 2 amide bonds. The largest absolute Gasteiger partial charge is 0.275 e. The number of hydroxylamine groups is 1. The van der Waals surface area contributed by atoms with Gasteiger partial charge in [-0.25, -0.2) is 5.06 Å². The maximum atomic E-state index is 13.4. The van der Waals surface area contributed by atoms with Crippen molar-refractivity contribution in [2.75, 3.05) is 5.06 Å². The van der Waals surface area contributed by atoms with Gasteiger partial charge in [0.25, 0.3) is 5.91 Å². The normalized spacial score (nSPS) is 23.2. The van der Waals surface area contributed by atoms with E-state index in [4.69, 9.17) is 16.4 Å². The van der Waals surface area contributed by atoms with Crippen LogP contribution in [0.15, 0.2) is 84.9 Å². The van der Waals surface area contributed by atoms with Gasteiger partial charge < -0.3 is 0 Å². The average Bonchev–Trinajstić information content (AvgIpc) is 3.28. The molecule has 2 aliphatic rings. The van der Waals surface area contributed by atoms with E-state index in [9.17, 15) is 9.59 Å². The summed E-state index contributed by atoms with van der Waals surface area (Å²) >= 11 is 6.04. The number of rotatable bonds is 4. The molecule has 3 atom stereocenters. The number of carbonyl (C=O) groups is 2. The Bertz CT molecular complexity index is 1070. The van der Waals surface area contributed by atoms with E-state index in [-0.39, 0.29) is 18.4 Å². The van der Waals surface area contributed by atoms with Crippen LogP contribution in [-0.2, 0) is 21.0 Å². The SMILES string of the molecule is O=C1[C@@H]2[C@@H](ON(c3ccc(Cl)cc3)[C@H]2c2ccccc2)C(=O)N1Cc1ccccc1. The first-order valence-corrected chi connectivity index (χ1v) is 10.2. The number of carbonyl (C=O) groups excluding carboxylic acids is 2. The summed E-state index contributed by atoms with van der Waals surface area (Å²) in [4.78, 5) is 34.0. The lowest BCUT2D eigenvalue weighted by Gasteiger charge is -2.28. The van der Waals surface area contributed by atoms with E-state index < -0.39 is 18.1 Å². The molecule has 2 heterocycles. The van der Waals surface area contributed by atoms with Crippen molar-refractivity contribution in [1.82, 2.24) is 4.90 Å². The first-order valence-electron chi connectivity index (χ1n) is 9.79. The first-order chi connectivity index (χ1) is 14.6. The molecule has 2 saturated heterocycles. The fourth-order valence-corrected chi connectivity index (χ4v) is 4.32. The van der Waals surface area contributed by atoms with Crippen molar-refractivity contribution in [2.45, 2.75) is 18.7 Å². The third-order valence-corrected chi connectivity index (χ3v) is 5.86. The number of hydrogen-bond donors (Lipinski definition) is 0. The Balaban J connectivity index is 1.51. The topological polar surface area (TPSA) is 49.9 Å². The molecule has 5 nitrogen and oxygen atoms in total. The summed E-state index contributed by atoms with van der Waals surface area (Å²) in [7, 11) is 0. The highest BCUT2D eigenvalue weighted by atomic mass is 35.5. The Hall–Kier alpha value is -3.15. The third kappa shape index (κ3) is 3.16. The lowest BCUT2D eigenvalue weighted by molar-refractivity contribution is -0.143. The predicted octanol–water partition coefficient (Wildman–Crippen LogP) is 4.39. The molecule has 3 aromatic rings. The molecule has 30 heavy (non-hydrogen) atoms. The first kappa shape index (κ1) is 18.9. The second-order valence-corrected chi connectivity index (χ2v) is 7.89. The second kappa shape index (κ2) is 7.59. The van der Waals surface area contributed by atoms with Crippen molar-refractivity contribution in [1.29, 1.82) is 0 Å². The highest BCUT2D eigenvalue weighted by molar-refractivity contribution is 6.30. The quantitative estimate of drug-likeness (QED) is 0.590. The maximum Gasteiger partial charge on any atom is 0.262 e. The monoisotopic (exact) mass is 418 g/mol. The standard InChI is InChI=1S/C24H19ClN2O3/c25-18-11-13-19(14-12-18)27-21(17-9-5-2-6-10-17)20-22(30-27)24(29)26(23(20)28)15-16-7-3-1-4-8-16/h1-14,20-22H,15H2/t20-,21-,22+/m0/s1. The second-order valence-electron chi connectivity index (χ2n) is 7.46. The third-order valence-electron chi connectivity index (χ3n) is 5.61. The highest BCUT2D eigenvalue weighted by Gasteiger charge is 2.59. The predicted molar refractivity (Wildman–Crippen MR) is 113 cm³/mol. The van der Waals surface area contributed by atoms with Crippen LogP contribution in [0.5, 0.6) is 0 Å². The van der Waals surface area contributed by atoms with Crippen molar-refractivity contribution in [3.8, 4) is 0 Å². The van der Waals surface area contributed by atoms with E-state index >= 15 is 0 Å². The Morgan fingerprint density at radius 3 is 2.10 bits per heavy atom. The van der Waals surface area contributed by atoms with E-state index in [0.29, 0.717) is 5.02 Å². The van der Waals surface area contributed by atoms with Crippen LogP contribution in [0.1, 0.15) is 17.2 Å². The van der Waals surface area contributed by atoms with Crippen LogP contribution in [0.4, 0.5) is 5.69 Å². The summed E-state index contributed by atoms with van der Waals surface area (Å²) in [6, 6.07) is 26.0. The van der Waals surface area contributed by atoms with Gasteiger partial charge in [-0.05, 0) is 35.4 Å². The minimum absolute atomic E-state index is 0.209. The number of amides is 2. The molecule has 0 spiro atoms. The molecular weight excluding hydrogens is 400 g/mol. The molecule has 2 fully saturated rings. The van der Waals surface area contributed by atoms with Crippen molar-refractivity contribution >= 4 is 29.1 Å². The van der Waals surface area contributed by atoms with Gasteiger partial charge in [0.05, 0.1) is 18.3 Å². The van der Waals surface area contributed by atoms with Crippen LogP contribution in [-0.4, -0.2) is 22.8 Å². The summed E-state index contributed by atoms with van der Waals surface area (Å²) in [5, 5.41) is 2.28. The van der Waals surface area contributed by atoms with E-state index in [1.807, 2.05) is 72.8 Å².